The summed E-state index contributed by atoms with van der Waals surface area (Å²) in [5, 5.41) is 3.42. The number of hydrazine groups is 1. The molecule has 0 aliphatic carbocycles. The lowest BCUT2D eigenvalue weighted by Gasteiger charge is -2.22. The number of urea groups is 1. The SMILES string of the molecule is CC1(c2ccccc2)NC(=O)N(NC(=O)Cc2ccc(-c3ccccc3)cc2)C1=O. The van der Waals surface area contributed by atoms with Gasteiger partial charge in [-0.05, 0) is 29.2 Å². The van der Waals surface area contributed by atoms with Crippen LogP contribution in [0, 0.1) is 0 Å². The van der Waals surface area contributed by atoms with E-state index < -0.39 is 23.4 Å². The summed E-state index contributed by atoms with van der Waals surface area (Å²) < 4.78 is 0. The van der Waals surface area contributed by atoms with Gasteiger partial charge >= 0.3 is 6.03 Å². The third-order valence-electron chi connectivity index (χ3n) is 5.20. The first-order valence-electron chi connectivity index (χ1n) is 9.63. The summed E-state index contributed by atoms with van der Waals surface area (Å²) in [4.78, 5) is 37.7. The number of benzene rings is 3. The van der Waals surface area contributed by atoms with Crippen LogP contribution in [0.25, 0.3) is 11.1 Å². The van der Waals surface area contributed by atoms with Crippen LogP contribution in [0.1, 0.15) is 18.1 Å². The van der Waals surface area contributed by atoms with Crippen molar-refractivity contribution >= 4 is 17.8 Å². The van der Waals surface area contributed by atoms with Crippen LogP contribution < -0.4 is 10.7 Å². The number of carbonyl (C=O) groups excluding carboxylic acids is 3. The molecular formula is C24H21N3O3. The van der Waals surface area contributed by atoms with Crippen molar-refractivity contribution in [3.63, 3.8) is 0 Å². The second-order valence-corrected chi connectivity index (χ2v) is 7.34. The van der Waals surface area contributed by atoms with Crippen molar-refractivity contribution in [1.29, 1.82) is 0 Å². The fourth-order valence-electron chi connectivity index (χ4n) is 3.50. The first kappa shape index (κ1) is 19.4. The Morgan fingerprint density at radius 2 is 1.43 bits per heavy atom. The van der Waals surface area contributed by atoms with Crippen LogP contribution in [-0.2, 0) is 21.5 Å². The summed E-state index contributed by atoms with van der Waals surface area (Å²) >= 11 is 0. The monoisotopic (exact) mass is 399 g/mol. The zero-order valence-corrected chi connectivity index (χ0v) is 16.5. The molecule has 4 amide bonds. The molecule has 0 aromatic heterocycles. The van der Waals surface area contributed by atoms with Gasteiger partial charge in [-0.3, -0.25) is 15.0 Å². The number of amides is 4. The average molecular weight is 399 g/mol. The van der Waals surface area contributed by atoms with Crippen LogP contribution in [0.4, 0.5) is 4.79 Å². The van der Waals surface area contributed by atoms with Gasteiger partial charge < -0.3 is 5.32 Å². The highest BCUT2D eigenvalue weighted by Crippen LogP contribution is 2.27. The number of nitrogens with one attached hydrogen (secondary N) is 2. The van der Waals surface area contributed by atoms with Crippen molar-refractivity contribution in [3.8, 4) is 11.1 Å². The largest absolute Gasteiger partial charge is 0.344 e. The Bertz CT molecular complexity index is 1080. The maximum atomic E-state index is 12.9. The van der Waals surface area contributed by atoms with Gasteiger partial charge in [-0.25, -0.2) is 4.79 Å². The summed E-state index contributed by atoms with van der Waals surface area (Å²) in [7, 11) is 0. The highest BCUT2D eigenvalue weighted by atomic mass is 16.2. The molecule has 0 bridgehead atoms. The van der Waals surface area contributed by atoms with Gasteiger partial charge in [0.1, 0.15) is 5.54 Å². The van der Waals surface area contributed by atoms with Crippen LogP contribution >= 0.6 is 0 Å². The predicted octanol–water partition coefficient (Wildman–Crippen LogP) is 3.39. The van der Waals surface area contributed by atoms with Crippen LogP contribution in [0.15, 0.2) is 84.9 Å². The lowest BCUT2D eigenvalue weighted by molar-refractivity contribution is -0.138. The van der Waals surface area contributed by atoms with E-state index in [1.165, 1.54) is 0 Å². The Kier molecular flexibility index (Phi) is 5.06. The summed E-state index contributed by atoms with van der Waals surface area (Å²) in [5.41, 5.74) is 4.78. The number of hydrogen-bond acceptors (Lipinski definition) is 3. The molecule has 0 saturated carbocycles. The fraction of sp³-hybridized carbons (Fsp3) is 0.125. The maximum Gasteiger partial charge on any atom is 0.344 e. The molecule has 0 radical (unpaired) electrons. The highest BCUT2D eigenvalue weighted by molar-refractivity contribution is 6.08. The molecule has 6 heteroatoms. The van der Waals surface area contributed by atoms with Gasteiger partial charge in [0.15, 0.2) is 0 Å². The molecule has 1 aliphatic heterocycles. The predicted molar refractivity (Wildman–Crippen MR) is 113 cm³/mol. The van der Waals surface area contributed by atoms with Crippen molar-refractivity contribution < 1.29 is 14.4 Å². The molecule has 1 unspecified atom stereocenters. The number of rotatable bonds is 5. The van der Waals surface area contributed by atoms with E-state index in [-0.39, 0.29) is 6.42 Å². The molecule has 2 N–H and O–H groups in total. The van der Waals surface area contributed by atoms with Crippen molar-refractivity contribution in [3.05, 3.63) is 96.1 Å². The van der Waals surface area contributed by atoms with Crippen molar-refractivity contribution in [2.45, 2.75) is 18.9 Å². The number of imide groups is 1. The molecule has 1 fully saturated rings. The Morgan fingerprint density at radius 3 is 2.07 bits per heavy atom. The van der Waals surface area contributed by atoms with E-state index in [2.05, 4.69) is 10.7 Å². The lowest BCUT2D eigenvalue weighted by Crippen LogP contribution is -2.48. The van der Waals surface area contributed by atoms with E-state index in [9.17, 15) is 14.4 Å². The van der Waals surface area contributed by atoms with E-state index in [4.69, 9.17) is 0 Å². The van der Waals surface area contributed by atoms with Crippen molar-refractivity contribution in [2.24, 2.45) is 0 Å². The number of carbonyl (C=O) groups is 3. The molecule has 1 atom stereocenters. The first-order chi connectivity index (χ1) is 14.5. The van der Waals surface area contributed by atoms with Gasteiger partial charge in [-0.2, -0.15) is 5.01 Å². The third kappa shape index (κ3) is 3.67. The Labute approximate surface area is 174 Å². The van der Waals surface area contributed by atoms with Crippen LogP contribution in [-0.4, -0.2) is 22.9 Å². The minimum absolute atomic E-state index is 0.0498. The van der Waals surface area contributed by atoms with Gasteiger partial charge in [0, 0.05) is 0 Å². The highest BCUT2D eigenvalue weighted by Gasteiger charge is 2.49. The summed E-state index contributed by atoms with van der Waals surface area (Å²) in [6.45, 7) is 1.62. The number of nitrogens with zero attached hydrogens (tertiary/aromatic N) is 1. The standard InChI is InChI=1S/C24H21N3O3/c1-24(20-10-6-3-7-11-20)22(29)27(23(30)25-24)26-21(28)16-17-12-14-19(15-13-17)18-8-4-2-5-9-18/h2-15H,16H2,1H3,(H,25,30)(H,26,28). The van der Waals surface area contributed by atoms with Gasteiger partial charge in [0.25, 0.3) is 5.91 Å². The molecule has 30 heavy (non-hydrogen) atoms. The topological polar surface area (TPSA) is 78.5 Å². The van der Waals surface area contributed by atoms with E-state index in [0.717, 1.165) is 21.7 Å². The van der Waals surface area contributed by atoms with Crippen molar-refractivity contribution in [1.82, 2.24) is 15.8 Å². The zero-order valence-electron chi connectivity index (χ0n) is 16.5. The first-order valence-corrected chi connectivity index (χ1v) is 9.63. The maximum absolute atomic E-state index is 12.9. The molecule has 0 spiro atoms. The van der Waals surface area contributed by atoms with E-state index >= 15 is 0 Å². The van der Waals surface area contributed by atoms with Crippen LogP contribution in [0.5, 0.6) is 0 Å². The Balaban J connectivity index is 1.43. The molecular weight excluding hydrogens is 378 g/mol. The summed E-state index contributed by atoms with van der Waals surface area (Å²) in [6.07, 6.45) is 0.0498. The minimum atomic E-state index is -1.22. The molecule has 6 nitrogen and oxygen atoms in total. The van der Waals surface area contributed by atoms with Gasteiger partial charge in [-0.1, -0.05) is 84.9 Å². The van der Waals surface area contributed by atoms with Crippen molar-refractivity contribution in [2.75, 3.05) is 0 Å². The lowest BCUT2D eigenvalue weighted by atomic mass is 9.92. The molecule has 150 valence electrons. The Hall–Kier alpha value is -3.93. The van der Waals surface area contributed by atoms with E-state index in [0.29, 0.717) is 5.56 Å². The molecule has 3 aromatic rings. The zero-order chi connectivity index (χ0) is 21.1. The Morgan fingerprint density at radius 1 is 0.867 bits per heavy atom. The third-order valence-corrected chi connectivity index (χ3v) is 5.20. The quantitative estimate of drug-likeness (QED) is 0.646. The summed E-state index contributed by atoms with van der Waals surface area (Å²) in [6, 6.07) is 25.8. The van der Waals surface area contributed by atoms with Gasteiger partial charge in [-0.15, -0.1) is 0 Å². The molecule has 4 rings (SSSR count). The van der Waals surface area contributed by atoms with E-state index in [1.54, 1.807) is 31.2 Å². The molecule has 3 aromatic carbocycles. The van der Waals surface area contributed by atoms with Crippen LogP contribution in [0.2, 0.25) is 0 Å². The minimum Gasteiger partial charge on any atom is -0.318 e. The fourth-order valence-corrected chi connectivity index (χ4v) is 3.50. The smallest absolute Gasteiger partial charge is 0.318 e. The van der Waals surface area contributed by atoms with Gasteiger partial charge in [0.2, 0.25) is 5.91 Å². The van der Waals surface area contributed by atoms with Gasteiger partial charge in [0.05, 0.1) is 6.42 Å². The normalized spacial score (nSPS) is 18.2. The number of hydrogen-bond donors (Lipinski definition) is 2. The van der Waals surface area contributed by atoms with Crippen LogP contribution in [0.3, 0.4) is 0 Å². The molecule has 1 aliphatic rings. The second kappa shape index (κ2) is 7.83. The second-order valence-electron chi connectivity index (χ2n) is 7.34. The molecule has 1 saturated heterocycles. The molecule has 1 heterocycles. The average Bonchev–Trinajstić information content (AvgIpc) is 2.99. The summed E-state index contributed by atoms with van der Waals surface area (Å²) in [5.74, 6) is -0.963. The van der Waals surface area contributed by atoms with E-state index in [1.807, 2.05) is 60.7 Å².